The van der Waals surface area contributed by atoms with Crippen molar-refractivity contribution in [1.29, 1.82) is 0 Å². The van der Waals surface area contributed by atoms with Gasteiger partial charge in [0.25, 0.3) is 0 Å². The van der Waals surface area contributed by atoms with Gasteiger partial charge >= 0.3 is 5.97 Å². The molecular formula is C16H24FN3O2. The van der Waals surface area contributed by atoms with Gasteiger partial charge in [0.05, 0.1) is 11.5 Å². The SMILES string of the molecule is CC(C)(CCNCC1CNNC1c1ccccc1F)C(=O)O. The molecule has 0 spiro atoms. The van der Waals surface area contributed by atoms with Crippen LogP contribution >= 0.6 is 0 Å². The molecule has 2 unspecified atom stereocenters. The molecule has 0 bridgehead atoms. The number of nitrogens with one attached hydrogen (secondary N) is 3. The first-order valence-electron chi connectivity index (χ1n) is 7.59. The maximum absolute atomic E-state index is 13.9. The fourth-order valence-electron chi connectivity index (χ4n) is 2.58. The predicted octanol–water partition coefficient (Wildman–Crippen LogP) is 1.68. The largest absolute Gasteiger partial charge is 0.481 e. The van der Waals surface area contributed by atoms with Crippen LogP contribution in [0.25, 0.3) is 0 Å². The third kappa shape index (κ3) is 4.03. The minimum atomic E-state index is -0.789. The molecule has 0 aromatic heterocycles. The predicted molar refractivity (Wildman–Crippen MR) is 82.7 cm³/mol. The zero-order valence-electron chi connectivity index (χ0n) is 13.0. The van der Waals surface area contributed by atoms with Gasteiger partial charge in [-0.15, -0.1) is 0 Å². The number of hydrogen-bond acceptors (Lipinski definition) is 4. The van der Waals surface area contributed by atoms with Crippen molar-refractivity contribution in [1.82, 2.24) is 16.2 Å². The van der Waals surface area contributed by atoms with Crippen molar-refractivity contribution in [2.24, 2.45) is 11.3 Å². The molecule has 0 saturated carbocycles. The molecule has 1 saturated heterocycles. The van der Waals surface area contributed by atoms with E-state index in [9.17, 15) is 9.18 Å². The van der Waals surface area contributed by atoms with Crippen LogP contribution in [0.15, 0.2) is 24.3 Å². The summed E-state index contributed by atoms with van der Waals surface area (Å²) in [5.74, 6) is -0.784. The Morgan fingerprint density at radius 2 is 2.18 bits per heavy atom. The highest BCUT2D eigenvalue weighted by Crippen LogP contribution is 2.26. The van der Waals surface area contributed by atoms with Gasteiger partial charge in [0, 0.05) is 24.6 Å². The zero-order chi connectivity index (χ0) is 16.2. The first kappa shape index (κ1) is 16.9. The standard InChI is InChI=1S/C16H24FN3O2/c1-16(2,15(21)22)7-8-18-9-11-10-19-20-14(11)12-5-3-4-6-13(12)17/h3-6,11,14,18-20H,7-10H2,1-2H3,(H,21,22). The number of hydrazine groups is 1. The Morgan fingerprint density at radius 1 is 1.45 bits per heavy atom. The molecule has 1 aliphatic heterocycles. The van der Waals surface area contributed by atoms with Crippen LogP contribution in [0.3, 0.4) is 0 Å². The van der Waals surface area contributed by atoms with Gasteiger partial charge < -0.3 is 10.4 Å². The van der Waals surface area contributed by atoms with Crippen LogP contribution in [-0.4, -0.2) is 30.7 Å². The second-order valence-electron chi connectivity index (χ2n) is 6.43. The van der Waals surface area contributed by atoms with E-state index in [1.807, 2.05) is 6.07 Å². The zero-order valence-corrected chi connectivity index (χ0v) is 13.0. The fraction of sp³-hybridized carbons (Fsp3) is 0.562. The maximum Gasteiger partial charge on any atom is 0.309 e. The lowest BCUT2D eigenvalue weighted by Crippen LogP contribution is -2.33. The lowest BCUT2D eigenvalue weighted by atomic mass is 9.89. The van der Waals surface area contributed by atoms with E-state index < -0.39 is 11.4 Å². The molecule has 1 heterocycles. The Labute approximate surface area is 130 Å². The summed E-state index contributed by atoms with van der Waals surface area (Å²) in [6.45, 7) is 5.51. The van der Waals surface area contributed by atoms with E-state index in [-0.39, 0.29) is 17.8 Å². The molecule has 1 aromatic rings. The molecule has 6 heteroatoms. The topological polar surface area (TPSA) is 73.4 Å². The lowest BCUT2D eigenvalue weighted by molar-refractivity contribution is -0.147. The van der Waals surface area contributed by atoms with E-state index in [2.05, 4.69) is 16.2 Å². The van der Waals surface area contributed by atoms with Gasteiger partial charge in [0.1, 0.15) is 5.82 Å². The van der Waals surface area contributed by atoms with Crippen molar-refractivity contribution in [2.75, 3.05) is 19.6 Å². The molecule has 0 radical (unpaired) electrons. The minimum Gasteiger partial charge on any atom is -0.481 e. The smallest absolute Gasteiger partial charge is 0.309 e. The van der Waals surface area contributed by atoms with Crippen LogP contribution in [0, 0.1) is 17.2 Å². The van der Waals surface area contributed by atoms with Crippen molar-refractivity contribution in [3.8, 4) is 0 Å². The maximum atomic E-state index is 13.9. The van der Waals surface area contributed by atoms with Crippen molar-refractivity contribution < 1.29 is 14.3 Å². The summed E-state index contributed by atoms with van der Waals surface area (Å²) in [4.78, 5) is 11.1. The summed E-state index contributed by atoms with van der Waals surface area (Å²) in [6.07, 6.45) is 0.556. The Hall–Kier alpha value is -1.50. The van der Waals surface area contributed by atoms with Crippen molar-refractivity contribution in [3.63, 3.8) is 0 Å². The van der Waals surface area contributed by atoms with Gasteiger partial charge in [0.15, 0.2) is 0 Å². The molecule has 1 aliphatic rings. The van der Waals surface area contributed by atoms with Crippen molar-refractivity contribution in [3.05, 3.63) is 35.6 Å². The van der Waals surface area contributed by atoms with Crippen LogP contribution in [-0.2, 0) is 4.79 Å². The highest BCUT2D eigenvalue weighted by atomic mass is 19.1. The minimum absolute atomic E-state index is 0.0822. The lowest BCUT2D eigenvalue weighted by Gasteiger charge is -2.22. The number of halogens is 1. The van der Waals surface area contributed by atoms with Crippen LogP contribution in [0.4, 0.5) is 4.39 Å². The Bertz CT molecular complexity index is 522. The quantitative estimate of drug-likeness (QED) is 0.577. The van der Waals surface area contributed by atoms with Gasteiger partial charge in [-0.3, -0.25) is 10.2 Å². The highest BCUT2D eigenvalue weighted by Gasteiger charge is 2.30. The molecule has 4 N–H and O–H groups in total. The number of benzene rings is 1. The molecule has 2 rings (SSSR count). The molecule has 2 atom stereocenters. The summed E-state index contributed by atoms with van der Waals surface area (Å²) in [6, 6.07) is 6.69. The average Bonchev–Trinajstić information content (AvgIpc) is 2.92. The van der Waals surface area contributed by atoms with E-state index in [4.69, 9.17) is 5.11 Å². The average molecular weight is 309 g/mol. The Kier molecular flexibility index (Phi) is 5.50. The third-order valence-electron chi connectivity index (χ3n) is 4.25. The molecule has 22 heavy (non-hydrogen) atoms. The molecule has 122 valence electrons. The summed E-state index contributed by atoms with van der Waals surface area (Å²) in [7, 11) is 0. The molecule has 0 amide bonds. The summed E-state index contributed by atoms with van der Waals surface area (Å²) in [5, 5.41) is 12.4. The molecule has 5 nitrogen and oxygen atoms in total. The molecule has 1 aromatic carbocycles. The Balaban J connectivity index is 1.85. The summed E-state index contributed by atoms with van der Waals surface area (Å²) >= 11 is 0. The molecule has 1 fully saturated rings. The second kappa shape index (κ2) is 7.17. The normalized spacial score (nSPS) is 22.0. The first-order chi connectivity index (χ1) is 10.4. The fourth-order valence-corrected chi connectivity index (χ4v) is 2.58. The first-order valence-corrected chi connectivity index (χ1v) is 7.59. The number of rotatable bonds is 7. The monoisotopic (exact) mass is 309 g/mol. The van der Waals surface area contributed by atoms with Gasteiger partial charge in [-0.05, 0) is 32.9 Å². The van der Waals surface area contributed by atoms with Crippen LogP contribution in [0.5, 0.6) is 0 Å². The third-order valence-corrected chi connectivity index (χ3v) is 4.25. The van der Waals surface area contributed by atoms with Gasteiger partial charge in [-0.2, -0.15) is 0 Å². The van der Waals surface area contributed by atoms with E-state index >= 15 is 0 Å². The Morgan fingerprint density at radius 3 is 2.86 bits per heavy atom. The highest BCUT2D eigenvalue weighted by molar-refractivity contribution is 5.73. The number of aliphatic carboxylic acids is 1. The van der Waals surface area contributed by atoms with Crippen LogP contribution in [0.2, 0.25) is 0 Å². The number of hydrogen-bond donors (Lipinski definition) is 4. The number of carbonyl (C=O) groups is 1. The van der Waals surface area contributed by atoms with E-state index in [1.54, 1.807) is 26.0 Å². The van der Waals surface area contributed by atoms with Crippen molar-refractivity contribution in [2.45, 2.75) is 26.3 Å². The van der Waals surface area contributed by atoms with Crippen LogP contribution < -0.4 is 16.2 Å². The summed E-state index contributed by atoms with van der Waals surface area (Å²) in [5.41, 5.74) is 6.11. The summed E-state index contributed by atoms with van der Waals surface area (Å²) < 4.78 is 13.9. The van der Waals surface area contributed by atoms with E-state index in [0.717, 1.165) is 6.54 Å². The molecule has 0 aliphatic carbocycles. The van der Waals surface area contributed by atoms with Gasteiger partial charge in [-0.1, -0.05) is 18.2 Å². The van der Waals surface area contributed by atoms with E-state index in [0.29, 0.717) is 25.1 Å². The second-order valence-corrected chi connectivity index (χ2v) is 6.43. The van der Waals surface area contributed by atoms with E-state index in [1.165, 1.54) is 6.07 Å². The van der Waals surface area contributed by atoms with Gasteiger partial charge in [0.2, 0.25) is 0 Å². The number of carboxylic acid groups (broad SMARTS) is 1. The van der Waals surface area contributed by atoms with Gasteiger partial charge in [-0.25, -0.2) is 9.82 Å². The molecular weight excluding hydrogens is 285 g/mol. The van der Waals surface area contributed by atoms with Crippen LogP contribution in [0.1, 0.15) is 31.9 Å². The van der Waals surface area contributed by atoms with Crippen molar-refractivity contribution >= 4 is 5.97 Å². The number of carboxylic acids is 1.